The van der Waals surface area contributed by atoms with Crippen molar-refractivity contribution in [2.75, 3.05) is 0 Å². The van der Waals surface area contributed by atoms with Crippen LogP contribution in [-0.4, -0.2) is 17.9 Å². The second kappa shape index (κ2) is 3.31. The number of hydrogen-bond acceptors (Lipinski definition) is 3. The number of esters is 1. The van der Waals surface area contributed by atoms with Crippen molar-refractivity contribution < 1.29 is 14.3 Å². The Kier molecular flexibility index (Phi) is 2.09. The molecule has 0 N–H and O–H groups in total. The lowest BCUT2D eigenvalue weighted by Crippen LogP contribution is -2.38. The topological polar surface area (TPSA) is 43.4 Å². The van der Waals surface area contributed by atoms with Crippen LogP contribution < -0.4 is 0 Å². The Morgan fingerprint density at radius 3 is 2.88 bits per heavy atom. The van der Waals surface area contributed by atoms with Crippen molar-refractivity contribution in [2.24, 2.45) is 5.41 Å². The summed E-state index contributed by atoms with van der Waals surface area (Å²) < 4.78 is 5.40. The molecule has 0 saturated carbocycles. The van der Waals surface area contributed by atoms with Gasteiger partial charge in [0.25, 0.3) is 0 Å². The number of carbonyl (C=O) groups is 2. The summed E-state index contributed by atoms with van der Waals surface area (Å²) in [6, 6.07) is 0. The minimum Gasteiger partial charge on any atom is -0.457 e. The first-order valence-electron chi connectivity index (χ1n) is 6.22. The van der Waals surface area contributed by atoms with Gasteiger partial charge in [-0.15, -0.1) is 0 Å². The molecule has 0 radical (unpaired) electrons. The molecule has 3 nitrogen and oxygen atoms in total. The highest BCUT2D eigenvalue weighted by Gasteiger charge is 2.57. The Bertz CT molecular complexity index is 484. The van der Waals surface area contributed by atoms with Crippen molar-refractivity contribution in [3.63, 3.8) is 0 Å². The van der Waals surface area contributed by atoms with Crippen molar-refractivity contribution in [3.05, 3.63) is 22.8 Å². The van der Waals surface area contributed by atoms with Gasteiger partial charge in [0, 0.05) is 6.42 Å². The van der Waals surface area contributed by atoms with Crippen LogP contribution in [0.2, 0.25) is 0 Å². The molecule has 3 rings (SSSR count). The molecule has 0 aromatic rings. The summed E-state index contributed by atoms with van der Waals surface area (Å²) in [5.74, 6) is 0.0528. The molecule has 3 heteroatoms. The largest absolute Gasteiger partial charge is 0.457 e. The zero-order chi connectivity index (χ0) is 12.2. The van der Waals surface area contributed by atoms with Crippen LogP contribution >= 0.6 is 0 Å². The Labute approximate surface area is 101 Å². The van der Waals surface area contributed by atoms with Crippen LogP contribution in [-0.2, 0) is 14.3 Å². The van der Waals surface area contributed by atoms with E-state index in [0.717, 1.165) is 29.6 Å². The lowest BCUT2D eigenvalue weighted by atomic mass is 9.62. The third kappa shape index (κ3) is 1.17. The molecule has 0 bridgehead atoms. The number of allylic oxidation sites excluding steroid dienone is 2. The van der Waals surface area contributed by atoms with Crippen molar-refractivity contribution in [1.82, 2.24) is 0 Å². The maximum Gasteiger partial charge on any atom is 0.321 e. The normalized spacial score (nSPS) is 36.4. The number of hydrogen-bond donors (Lipinski definition) is 0. The van der Waals surface area contributed by atoms with Gasteiger partial charge in [-0.25, -0.2) is 0 Å². The van der Waals surface area contributed by atoms with Gasteiger partial charge in [0.15, 0.2) is 5.78 Å². The molecule has 1 spiro atoms. The predicted molar refractivity (Wildman–Crippen MR) is 62.2 cm³/mol. The standard InChI is InChI=1S/C14H16O3/c1-8-10-4-3-5-11-9(2)17-13(16)14(10,11)7-6-12(8)15/h5,9H,3-4,6-7H2,1-2H3/t9?,14-/m1/s1. The van der Waals surface area contributed by atoms with Crippen molar-refractivity contribution >= 4 is 11.8 Å². The average Bonchev–Trinajstić information content (AvgIpc) is 2.56. The van der Waals surface area contributed by atoms with Crippen LogP contribution in [0, 0.1) is 5.41 Å². The van der Waals surface area contributed by atoms with Gasteiger partial charge in [0.05, 0.1) is 0 Å². The van der Waals surface area contributed by atoms with Crippen molar-refractivity contribution in [1.29, 1.82) is 0 Å². The molecule has 0 aromatic carbocycles. The molecule has 90 valence electrons. The number of Topliss-reactive ketones (excluding diaryl/α,β-unsaturated/α-hetero) is 1. The predicted octanol–water partition coefficient (Wildman–Crippen LogP) is 2.32. The maximum absolute atomic E-state index is 12.2. The molecule has 0 aromatic heterocycles. The lowest BCUT2D eigenvalue weighted by molar-refractivity contribution is -0.147. The number of rotatable bonds is 0. The van der Waals surface area contributed by atoms with E-state index < -0.39 is 5.41 Å². The van der Waals surface area contributed by atoms with E-state index in [9.17, 15) is 9.59 Å². The van der Waals surface area contributed by atoms with E-state index in [1.807, 2.05) is 13.8 Å². The fraction of sp³-hybridized carbons (Fsp3) is 0.571. The molecular weight excluding hydrogens is 216 g/mol. The van der Waals surface area contributed by atoms with Crippen LogP contribution in [0.15, 0.2) is 22.8 Å². The van der Waals surface area contributed by atoms with E-state index in [-0.39, 0.29) is 17.9 Å². The Balaban J connectivity index is 2.25. The summed E-state index contributed by atoms with van der Waals surface area (Å²) in [7, 11) is 0. The first-order valence-corrected chi connectivity index (χ1v) is 6.22. The second-order valence-electron chi connectivity index (χ2n) is 5.18. The lowest BCUT2D eigenvalue weighted by Gasteiger charge is -2.37. The van der Waals surface area contributed by atoms with Crippen LogP contribution in [0.3, 0.4) is 0 Å². The number of ether oxygens (including phenoxy) is 1. The SMILES string of the molecule is CC1=C2CCC=C3C(C)OC(=O)[C@@]32CCC1=O. The van der Waals surface area contributed by atoms with Crippen molar-refractivity contribution in [3.8, 4) is 0 Å². The number of ketones is 1. The van der Waals surface area contributed by atoms with E-state index in [1.165, 1.54) is 0 Å². The number of carbonyl (C=O) groups excluding carboxylic acids is 2. The summed E-state index contributed by atoms with van der Waals surface area (Å²) >= 11 is 0. The van der Waals surface area contributed by atoms with Gasteiger partial charge in [-0.1, -0.05) is 6.08 Å². The molecule has 1 saturated heterocycles. The van der Waals surface area contributed by atoms with Gasteiger partial charge < -0.3 is 4.74 Å². The molecule has 1 unspecified atom stereocenters. The van der Waals surface area contributed by atoms with Gasteiger partial charge in [-0.2, -0.15) is 0 Å². The third-order valence-corrected chi connectivity index (χ3v) is 4.43. The quantitative estimate of drug-likeness (QED) is 0.475. The minimum atomic E-state index is -0.574. The van der Waals surface area contributed by atoms with E-state index in [2.05, 4.69) is 6.08 Å². The van der Waals surface area contributed by atoms with Gasteiger partial charge in [-0.3, -0.25) is 9.59 Å². The minimum absolute atomic E-state index is 0.126. The maximum atomic E-state index is 12.2. The summed E-state index contributed by atoms with van der Waals surface area (Å²) in [6.07, 6.45) is 4.82. The third-order valence-electron chi connectivity index (χ3n) is 4.43. The zero-order valence-electron chi connectivity index (χ0n) is 10.2. The molecule has 2 aliphatic carbocycles. The van der Waals surface area contributed by atoms with E-state index in [0.29, 0.717) is 12.8 Å². The molecular formula is C14H16O3. The van der Waals surface area contributed by atoms with Crippen LogP contribution in [0.1, 0.15) is 39.5 Å². The smallest absolute Gasteiger partial charge is 0.321 e. The van der Waals surface area contributed by atoms with Gasteiger partial charge in [-0.05, 0) is 49.8 Å². The van der Waals surface area contributed by atoms with E-state index >= 15 is 0 Å². The Hall–Kier alpha value is -1.38. The van der Waals surface area contributed by atoms with Gasteiger partial charge in [0.1, 0.15) is 11.5 Å². The first kappa shape index (κ1) is 10.8. The summed E-state index contributed by atoms with van der Waals surface area (Å²) in [5.41, 5.74) is 2.35. The van der Waals surface area contributed by atoms with Crippen LogP contribution in [0.25, 0.3) is 0 Å². The highest BCUT2D eigenvalue weighted by Crippen LogP contribution is 2.55. The molecule has 1 heterocycles. The molecule has 17 heavy (non-hydrogen) atoms. The van der Waals surface area contributed by atoms with Gasteiger partial charge >= 0.3 is 5.97 Å². The van der Waals surface area contributed by atoms with E-state index in [1.54, 1.807) is 0 Å². The zero-order valence-corrected chi connectivity index (χ0v) is 10.2. The highest BCUT2D eigenvalue weighted by atomic mass is 16.6. The fourth-order valence-corrected chi connectivity index (χ4v) is 3.57. The highest BCUT2D eigenvalue weighted by molar-refractivity contribution is 6.01. The Morgan fingerprint density at radius 2 is 2.12 bits per heavy atom. The summed E-state index contributed by atoms with van der Waals surface area (Å²) in [5, 5.41) is 0. The molecule has 3 aliphatic rings. The Morgan fingerprint density at radius 1 is 1.35 bits per heavy atom. The number of cyclic esters (lactones) is 1. The fourth-order valence-electron chi connectivity index (χ4n) is 3.57. The van der Waals surface area contributed by atoms with Crippen LogP contribution in [0.4, 0.5) is 0 Å². The second-order valence-corrected chi connectivity index (χ2v) is 5.18. The molecule has 1 aliphatic heterocycles. The molecule has 0 amide bonds. The molecule has 2 atom stereocenters. The molecule has 1 fully saturated rings. The average molecular weight is 232 g/mol. The first-order chi connectivity index (χ1) is 8.07. The van der Waals surface area contributed by atoms with Gasteiger partial charge in [0.2, 0.25) is 0 Å². The van der Waals surface area contributed by atoms with E-state index in [4.69, 9.17) is 4.74 Å². The summed E-state index contributed by atoms with van der Waals surface area (Å²) in [6.45, 7) is 3.78. The van der Waals surface area contributed by atoms with Crippen molar-refractivity contribution in [2.45, 2.75) is 45.6 Å². The monoisotopic (exact) mass is 232 g/mol. The summed E-state index contributed by atoms with van der Waals surface area (Å²) in [4.78, 5) is 24.0. The van der Waals surface area contributed by atoms with Crippen LogP contribution in [0.5, 0.6) is 0 Å².